The molecule has 3 rings (SSSR count). The number of aliphatic hydroxyl groups excluding tert-OH is 1. The summed E-state index contributed by atoms with van der Waals surface area (Å²) in [6, 6.07) is 7.99. The first-order valence-corrected chi connectivity index (χ1v) is 9.33. The number of carbonyl (C=O) groups excluding carboxylic acids is 2. The molecule has 0 bridgehead atoms. The fourth-order valence-corrected chi connectivity index (χ4v) is 3.49. The van der Waals surface area contributed by atoms with Crippen molar-refractivity contribution >= 4 is 17.4 Å². The first-order valence-electron chi connectivity index (χ1n) is 9.33. The lowest BCUT2D eigenvalue weighted by Gasteiger charge is -2.26. The van der Waals surface area contributed by atoms with Crippen LogP contribution in [0.4, 0.5) is 0 Å². The van der Waals surface area contributed by atoms with Gasteiger partial charge in [-0.05, 0) is 62.5 Å². The Bertz CT molecular complexity index is 954. The van der Waals surface area contributed by atoms with Crippen molar-refractivity contribution in [3.63, 3.8) is 0 Å². The smallest absolute Gasteiger partial charge is 0.295 e. The van der Waals surface area contributed by atoms with Gasteiger partial charge in [-0.1, -0.05) is 0 Å². The number of aliphatic hydroxyl groups is 1. The van der Waals surface area contributed by atoms with E-state index in [1.807, 2.05) is 25.9 Å². The number of nitrogens with zero attached hydrogens (tertiary/aromatic N) is 3. The lowest BCUT2D eigenvalue weighted by Crippen LogP contribution is -2.35. The van der Waals surface area contributed by atoms with Crippen molar-refractivity contribution in [2.75, 3.05) is 34.3 Å². The molecule has 0 radical (unpaired) electrons. The van der Waals surface area contributed by atoms with Crippen LogP contribution in [-0.4, -0.2) is 65.9 Å². The Morgan fingerprint density at radius 1 is 1.21 bits per heavy atom. The van der Waals surface area contributed by atoms with Gasteiger partial charge in [0, 0.05) is 31.0 Å². The van der Waals surface area contributed by atoms with Crippen molar-refractivity contribution in [1.29, 1.82) is 0 Å². The van der Waals surface area contributed by atoms with Gasteiger partial charge >= 0.3 is 0 Å². The number of likely N-dealkylation sites (tertiary alicyclic amines) is 1. The number of amides is 1. The quantitative estimate of drug-likeness (QED) is 0.459. The lowest BCUT2D eigenvalue weighted by molar-refractivity contribution is -0.140. The van der Waals surface area contributed by atoms with Gasteiger partial charge in [-0.2, -0.15) is 0 Å². The molecule has 7 heteroatoms. The van der Waals surface area contributed by atoms with E-state index in [9.17, 15) is 14.7 Å². The van der Waals surface area contributed by atoms with E-state index in [1.54, 1.807) is 49.8 Å². The average molecular weight is 395 g/mol. The molecular weight excluding hydrogens is 370 g/mol. The minimum Gasteiger partial charge on any atom is -0.507 e. The third kappa shape index (κ3) is 4.00. The van der Waals surface area contributed by atoms with E-state index in [0.717, 1.165) is 11.1 Å². The first kappa shape index (κ1) is 20.5. The minimum atomic E-state index is -0.684. The van der Waals surface area contributed by atoms with E-state index in [0.29, 0.717) is 24.4 Å². The predicted molar refractivity (Wildman–Crippen MR) is 110 cm³/mol. The molecular formula is C22H25N3O4. The Hall–Kier alpha value is -3.19. The van der Waals surface area contributed by atoms with E-state index in [1.165, 1.54) is 4.90 Å². The van der Waals surface area contributed by atoms with E-state index >= 15 is 0 Å². The molecule has 0 unspecified atom stereocenters. The summed E-state index contributed by atoms with van der Waals surface area (Å²) in [5, 5.41) is 11.0. The molecule has 1 atom stereocenters. The van der Waals surface area contributed by atoms with Crippen LogP contribution in [0.1, 0.15) is 22.7 Å². The van der Waals surface area contributed by atoms with E-state index in [4.69, 9.17) is 4.74 Å². The predicted octanol–water partition coefficient (Wildman–Crippen LogP) is 2.38. The van der Waals surface area contributed by atoms with Crippen molar-refractivity contribution in [1.82, 2.24) is 14.8 Å². The molecule has 0 aliphatic carbocycles. The highest BCUT2D eigenvalue weighted by Gasteiger charge is 2.45. The van der Waals surface area contributed by atoms with Crippen molar-refractivity contribution in [2.45, 2.75) is 13.0 Å². The van der Waals surface area contributed by atoms with Gasteiger partial charge in [0.15, 0.2) is 0 Å². The molecule has 1 amide bonds. The molecule has 1 aromatic carbocycles. The molecule has 1 saturated heterocycles. The fourth-order valence-electron chi connectivity index (χ4n) is 3.49. The molecule has 1 aliphatic heterocycles. The number of hydrogen-bond acceptors (Lipinski definition) is 6. The Morgan fingerprint density at radius 2 is 1.90 bits per heavy atom. The van der Waals surface area contributed by atoms with E-state index in [-0.39, 0.29) is 11.3 Å². The van der Waals surface area contributed by atoms with Crippen LogP contribution < -0.4 is 4.74 Å². The SMILES string of the molecule is COc1ccc(/C(O)=C2\C(=O)C(=O)N(CCN(C)C)[C@H]2c2ccncc2)cc1C. The Labute approximate surface area is 170 Å². The second kappa shape index (κ2) is 8.45. The number of Topliss-reactive ketones (excluding diaryl/α,β-unsaturated/α-hetero) is 1. The largest absolute Gasteiger partial charge is 0.507 e. The summed E-state index contributed by atoms with van der Waals surface area (Å²) in [5.41, 5.74) is 2.10. The maximum Gasteiger partial charge on any atom is 0.295 e. The summed E-state index contributed by atoms with van der Waals surface area (Å²) >= 11 is 0. The molecule has 1 N–H and O–H groups in total. The van der Waals surface area contributed by atoms with Crippen LogP contribution >= 0.6 is 0 Å². The maximum absolute atomic E-state index is 12.9. The molecule has 7 nitrogen and oxygen atoms in total. The van der Waals surface area contributed by atoms with Crippen LogP contribution in [0.2, 0.25) is 0 Å². The number of aromatic nitrogens is 1. The van der Waals surface area contributed by atoms with Crippen LogP contribution in [0.25, 0.3) is 5.76 Å². The molecule has 1 fully saturated rings. The first-order chi connectivity index (χ1) is 13.8. The zero-order valence-electron chi connectivity index (χ0n) is 17.0. The van der Waals surface area contributed by atoms with Gasteiger partial charge in [-0.15, -0.1) is 0 Å². The van der Waals surface area contributed by atoms with Gasteiger partial charge in [0.1, 0.15) is 11.5 Å². The van der Waals surface area contributed by atoms with Crippen LogP contribution in [0.15, 0.2) is 48.3 Å². The molecule has 0 saturated carbocycles. The Balaban J connectivity index is 2.13. The number of rotatable bonds is 6. The third-order valence-corrected chi connectivity index (χ3v) is 5.02. The number of ether oxygens (including phenoxy) is 1. The number of benzene rings is 1. The van der Waals surface area contributed by atoms with Gasteiger partial charge in [0.25, 0.3) is 11.7 Å². The number of aryl methyl sites for hydroxylation is 1. The Morgan fingerprint density at radius 3 is 2.48 bits per heavy atom. The maximum atomic E-state index is 12.9. The number of pyridine rings is 1. The van der Waals surface area contributed by atoms with Crippen molar-refractivity contribution < 1.29 is 19.4 Å². The van der Waals surface area contributed by atoms with Gasteiger partial charge in [0.2, 0.25) is 0 Å². The normalized spacial score (nSPS) is 18.5. The summed E-state index contributed by atoms with van der Waals surface area (Å²) in [6.45, 7) is 2.81. The van der Waals surface area contributed by atoms with Crippen molar-refractivity contribution in [3.05, 3.63) is 65.0 Å². The van der Waals surface area contributed by atoms with Crippen LogP contribution in [0.5, 0.6) is 5.75 Å². The highest BCUT2D eigenvalue weighted by Crippen LogP contribution is 2.39. The molecule has 2 heterocycles. The second-order valence-electron chi connectivity index (χ2n) is 7.26. The summed E-state index contributed by atoms with van der Waals surface area (Å²) in [7, 11) is 5.37. The van der Waals surface area contributed by atoms with Crippen molar-refractivity contribution in [2.24, 2.45) is 0 Å². The third-order valence-electron chi connectivity index (χ3n) is 5.02. The molecule has 152 valence electrons. The molecule has 2 aromatic rings. The van der Waals surface area contributed by atoms with Crippen LogP contribution in [0, 0.1) is 6.92 Å². The minimum absolute atomic E-state index is 0.0875. The molecule has 0 spiro atoms. The standard InChI is InChI=1S/C22H25N3O4/c1-14-13-16(5-6-17(14)29-4)20(26)18-19(15-7-9-23-10-8-15)25(12-11-24(2)3)22(28)21(18)27/h5-10,13,19,26H,11-12H2,1-4H3/b20-18+/t19-/m0/s1. The molecule has 29 heavy (non-hydrogen) atoms. The number of ketones is 1. The van der Waals surface area contributed by atoms with Gasteiger partial charge in [0.05, 0.1) is 18.7 Å². The number of hydrogen-bond donors (Lipinski definition) is 1. The Kier molecular flexibility index (Phi) is 5.98. The highest BCUT2D eigenvalue weighted by atomic mass is 16.5. The van der Waals surface area contributed by atoms with E-state index < -0.39 is 17.7 Å². The summed E-state index contributed by atoms with van der Waals surface area (Å²) in [5.74, 6) is -0.807. The number of likely N-dealkylation sites (N-methyl/N-ethyl adjacent to an activating group) is 1. The van der Waals surface area contributed by atoms with Gasteiger partial charge in [-0.3, -0.25) is 14.6 Å². The number of methoxy groups -OCH3 is 1. The van der Waals surface area contributed by atoms with Crippen molar-refractivity contribution in [3.8, 4) is 5.75 Å². The average Bonchev–Trinajstić information content (AvgIpc) is 2.97. The van der Waals surface area contributed by atoms with Gasteiger partial charge in [-0.25, -0.2) is 0 Å². The lowest BCUT2D eigenvalue weighted by atomic mass is 9.95. The topological polar surface area (TPSA) is 83.0 Å². The summed E-state index contributed by atoms with van der Waals surface area (Å²) < 4.78 is 5.27. The summed E-state index contributed by atoms with van der Waals surface area (Å²) in [4.78, 5) is 33.2. The molecule has 1 aliphatic rings. The zero-order valence-corrected chi connectivity index (χ0v) is 17.0. The number of carbonyl (C=O) groups is 2. The second-order valence-corrected chi connectivity index (χ2v) is 7.26. The summed E-state index contributed by atoms with van der Waals surface area (Å²) in [6.07, 6.45) is 3.22. The fraction of sp³-hybridized carbons (Fsp3) is 0.318. The van der Waals surface area contributed by atoms with Gasteiger partial charge < -0.3 is 19.6 Å². The van der Waals surface area contributed by atoms with E-state index in [2.05, 4.69) is 4.98 Å². The van der Waals surface area contributed by atoms with Crippen LogP contribution in [-0.2, 0) is 9.59 Å². The van der Waals surface area contributed by atoms with Crippen LogP contribution in [0.3, 0.4) is 0 Å². The monoisotopic (exact) mass is 395 g/mol. The highest BCUT2D eigenvalue weighted by molar-refractivity contribution is 6.46. The zero-order chi connectivity index (χ0) is 21.1. The molecule has 1 aromatic heterocycles.